The largest absolute Gasteiger partial charge is 0.409 e. The van der Waals surface area contributed by atoms with Crippen LogP contribution in [-0.2, 0) is 4.74 Å². The molecular formula is C9H20N2O2. The number of nitrogens with zero attached hydrogens (tertiary/aromatic N) is 1. The molecule has 0 saturated carbocycles. The van der Waals surface area contributed by atoms with Crippen LogP contribution in [0.25, 0.3) is 0 Å². The van der Waals surface area contributed by atoms with Crippen molar-refractivity contribution >= 4 is 5.84 Å². The van der Waals surface area contributed by atoms with E-state index in [1.807, 2.05) is 0 Å². The van der Waals surface area contributed by atoms with E-state index in [1.54, 1.807) is 0 Å². The standard InChI is InChI=1S/C9H20N2O2/c1-8(2)5-7-13-6-3-4-9(10)11-12/h8,12H,3-7H2,1-2H3,(H2,10,11). The second kappa shape index (κ2) is 7.86. The van der Waals surface area contributed by atoms with Gasteiger partial charge in [0.25, 0.3) is 0 Å². The van der Waals surface area contributed by atoms with Gasteiger partial charge in [-0.3, -0.25) is 0 Å². The van der Waals surface area contributed by atoms with Crippen molar-refractivity contribution in [2.45, 2.75) is 33.1 Å². The molecule has 0 rings (SSSR count). The monoisotopic (exact) mass is 188 g/mol. The van der Waals surface area contributed by atoms with Gasteiger partial charge in [-0.05, 0) is 18.8 Å². The van der Waals surface area contributed by atoms with E-state index in [2.05, 4.69) is 19.0 Å². The third-order valence-electron chi connectivity index (χ3n) is 1.69. The van der Waals surface area contributed by atoms with E-state index in [4.69, 9.17) is 15.7 Å². The Morgan fingerprint density at radius 1 is 1.46 bits per heavy atom. The number of ether oxygens (including phenoxy) is 1. The Labute approximate surface area is 79.8 Å². The summed E-state index contributed by atoms with van der Waals surface area (Å²) in [6.45, 7) is 5.82. The number of hydrogen-bond acceptors (Lipinski definition) is 3. The number of nitrogens with two attached hydrogens (primary N) is 1. The minimum Gasteiger partial charge on any atom is -0.409 e. The van der Waals surface area contributed by atoms with Crippen LogP contribution in [0.4, 0.5) is 0 Å². The predicted octanol–water partition coefficient (Wildman–Crippen LogP) is 1.58. The van der Waals surface area contributed by atoms with Crippen molar-refractivity contribution in [2.75, 3.05) is 13.2 Å². The Morgan fingerprint density at radius 3 is 2.69 bits per heavy atom. The molecule has 0 atom stereocenters. The molecule has 3 N–H and O–H groups in total. The lowest BCUT2D eigenvalue weighted by molar-refractivity contribution is 0.122. The number of rotatable bonds is 7. The summed E-state index contributed by atoms with van der Waals surface area (Å²) in [5.41, 5.74) is 5.28. The highest BCUT2D eigenvalue weighted by Gasteiger charge is 1.95. The van der Waals surface area contributed by atoms with Gasteiger partial charge in [-0.25, -0.2) is 0 Å². The van der Waals surface area contributed by atoms with Gasteiger partial charge >= 0.3 is 0 Å². The van der Waals surface area contributed by atoms with Crippen molar-refractivity contribution in [1.82, 2.24) is 0 Å². The Hall–Kier alpha value is -0.770. The normalized spacial score (nSPS) is 12.4. The van der Waals surface area contributed by atoms with Crippen molar-refractivity contribution in [3.05, 3.63) is 0 Å². The molecular weight excluding hydrogens is 168 g/mol. The van der Waals surface area contributed by atoms with Gasteiger partial charge in [0, 0.05) is 19.6 Å². The maximum Gasteiger partial charge on any atom is 0.139 e. The van der Waals surface area contributed by atoms with Gasteiger partial charge < -0.3 is 15.7 Å². The fourth-order valence-electron chi connectivity index (χ4n) is 0.826. The van der Waals surface area contributed by atoms with E-state index in [1.165, 1.54) is 0 Å². The highest BCUT2D eigenvalue weighted by atomic mass is 16.5. The molecule has 0 spiro atoms. The van der Waals surface area contributed by atoms with E-state index in [9.17, 15) is 0 Å². The maximum atomic E-state index is 8.23. The van der Waals surface area contributed by atoms with Crippen molar-refractivity contribution < 1.29 is 9.94 Å². The average Bonchev–Trinajstić information content (AvgIpc) is 2.10. The van der Waals surface area contributed by atoms with E-state index in [-0.39, 0.29) is 5.84 Å². The van der Waals surface area contributed by atoms with Gasteiger partial charge in [0.15, 0.2) is 0 Å². The number of oxime groups is 1. The van der Waals surface area contributed by atoms with Gasteiger partial charge in [0.2, 0.25) is 0 Å². The van der Waals surface area contributed by atoms with Crippen LogP contribution in [0.3, 0.4) is 0 Å². The summed E-state index contributed by atoms with van der Waals surface area (Å²) in [4.78, 5) is 0. The summed E-state index contributed by atoms with van der Waals surface area (Å²) in [6.07, 6.45) is 2.50. The summed E-state index contributed by atoms with van der Waals surface area (Å²) in [7, 11) is 0. The van der Waals surface area contributed by atoms with Crippen LogP contribution in [-0.4, -0.2) is 24.3 Å². The van der Waals surface area contributed by atoms with Crippen molar-refractivity contribution in [1.29, 1.82) is 0 Å². The van der Waals surface area contributed by atoms with Crippen LogP contribution in [0.2, 0.25) is 0 Å². The zero-order chi connectivity index (χ0) is 10.1. The summed E-state index contributed by atoms with van der Waals surface area (Å²) >= 11 is 0. The maximum absolute atomic E-state index is 8.23. The Bertz CT molecular complexity index is 147. The summed E-state index contributed by atoms with van der Waals surface area (Å²) in [5, 5.41) is 11.1. The SMILES string of the molecule is CC(C)CCOCCC/C(N)=N/O. The number of hydrogen-bond donors (Lipinski definition) is 2. The predicted molar refractivity (Wildman–Crippen MR) is 52.9 cm³/mol. The average molecular weight is 188 g/mol. The van der Waals surface area contributed by atoms with E-state index < -0.39 is 0 Å². The van der Waals surface area contributed by atoms with E-state index in [0.29, 0.717) is 18.9 Å². The van der Waals surface area contributed by atoms with Gasteiger partial charge in [-0.2, -0.15) is 0 Å². The lowest BCUT2D eigenvalue weighted by Crippen LogP contribution is -2.12. The van der Waals surface area contributed by atoms with Crippen LogP contribution < -0.4 is 5.73 Å². The quantitative estimate of drug-likeness (QED) is 0.209. The van der Waals surface area contributed by atoms with Gasteiger partial charge in [0.1, 0.15) is 5.84 Å². The molecule has 0 aromatic heterocycles. The molecule has 0 unspecified atom stereocenters. The Balaban J connectivity index is 3.09. The topological polar surface area (TPSA) is 67.8 Å². The van der Waals surface area contributed by atoms with E-state index in [0.717, 1.165) is 19.4 Å². The third-order valence-corrected chi connectivity index (χ3v) is 1.69. The molecule has 0 radical (unpaired) electrons. The molecule has 4 nitrogen and oxygen atoms in total. The molecule has 0 fully saturated rings. The zero-order valence-corrected chi connectivity index (χ0v) is 8.49. The summed E-state index contributed by atoms with van der Waals surface area (Å²) in [6, 6.07) is 0. The molecule has 0 aliphatic heterocycles. The highest BCUT2D eigenvalue weighted by Crippen LogP contribution is 1.99. The van der Waals surface area contributed by atoms with Crippen LogP contribution in [0, 0.1) is 5.92 Å². The van der Waals surface area contributed by atoms with Crippen molar-refractivity contribution in [3.63, 3.8) is 0 Å². The summed E-state index contributed by atoms with van der Waals surface area (Å²) < 4.78 is 5.35. The second-order valence-corrected chi connectivity index (χ2v) is 3.49. The zero-order valence-electron chi connectivity index (χ0n) is 8.49. The highest BCUT2D eigenvalue weighted by molar-refractivity contribution is 5.79. The molecule has 0 aliphatic rings. The molecule has 0 heterocycles. The molecule has 0 saturated heterocycles. The molecule has 0 aromatic rings. The lowest BCUT2D eigenvalue weighted by atomic mass is 10.1. The van der Waals surface area contributed by atoms with Gasteiger partial charge in [0.05, 0.1) is 0 Å². The van der Waals surface area contributed by atoms with Crippen molar-refractivity contribution in [2.24, 2.45) is 16.8 Å². The van der Waals surface area contributed by atoms with Crippen LogP contribution >= 0.6 is 0 Å². The fraction of sp³-hybridized carbons (Fsp3) is 0.889. The first-order valence-corrected chi connectivity index (χ1v) is 4.71. The molecule has 78 valence electrons. The molecule has 4 heteroatoms. The van der Waals surface area contributed by atoms with Gasteiger partial charge in [-0.15, -0.1) is 0 Å². The first kappa shape index (κ1) is 12.2. The van der Waals surface area contributed by atoms with Crippen LogP contribution in [0.5, 0.6) is 0 Å². The fourth-order valence-corrected chi connectivity index (χ4v) is 0.826. The Morgan fingerprint density at radius 2 is 2.15 bits per heavy atom. The molecule has 13 heavy (non-hydrogen) atoms. The molecule has 0 aliphatic carbocycles. The third kappa shape index (κ3) is 9.14. The Kier molecular flexibility index (Phi) is 7.39. The molecule has 0 bridgehead atoms. The summed E-state index contributed by atoms with van der Waals surface area (Å²) in [5.74, 6) is 0.955. The minimum absolute atomic E-state index is 0.271. The minimum atomic E-state index is 0.271. The van der Waals surface area contributed by atoms with Crippen molar-refractivity contribution in [3.8, 4) is 0 Å². The molecule has 0 amide bonds. The smallest absolute Gasteiger partial charge is 0.139 e. The lowest BCUT2D eigenvalue weighted by Gasteiger charge is -2.05. The first-order valence-electron chi connectivity index (χ1n) is 4.71. The van der Waals surface area contributed by atoms with Gasteiger partial charge in [-0.1, -0.05) is 19.0 Å². The number of amidine groups is 1. The van der Waals surface area contributed by atoms with E-state index >= 15 is 0 Å². The van der Waals surface area contributed by atoms with Crippen LogP contribution in [0.15, 0.2) is 5.16 Å². The first-order chi connectivity index (χ1) is 6.16. The molecule has 0 aromatic carbocycles. The second-order valence-electron chi connectivity index (χ2n) is 3.49. The van der Waals surface area contributed by atoms with Crippen LogP contribution in [0.1, 0.15) is 33.1 Å².